The summed E-state index contributed by atoms with van der Waals surface area (Å²) in [7, 11) is 0. The van der Waals surface area contributed by atoms with Gasteiger partial charge in [-0.15, -0.1) is 0 Å². The Hall–Kier alpha value is -3.08. The van der Waals surface area contributed by atoms with E-state index >= 15 is 0 Å². The van der Waals surface area contributed by atoms with Crippen LogP contribution in [0.15, 0.2) is 54.6 Å². The second-order valence-electron chi connectivity index (χ2n) is 6.27. The van der Waals surface area contributed by atoms with Crippen molar-refractivity contribution in [2.45, 2.75) is 19.8 Å². The van der Waals surface area contributed by atoms with Crippen LogP contribution in [0, 0.1) is 17.5 Å². The smallest absolute Gasteiger partial charge is 0.335 e. The van der Waals surface area contributed by atoms with Gasteiger partial charge < -0.3 is 5.11 Å². The fraction of sp³-hybridized carbons (Fsp3) is 0.136. The zero-order valence-electron chi connectivity index (χ0n) is 14.6. The molecular weight excluding hydrogens is 353 g/mol. The van der Waals surface area contributed by atoms with Crippen LogP contribution >= 0.6 is 0 Å². The molecule has 3 aromatic carbocycles. The van der Waals surface area contributed by atoms with Crippen molar-refractivity contribution in [2.75, 3.05) is 0 Å². The summed E-state index contributed by atoms with van der Waals surface area (Å²) in [6.45, 7) is 2.08. The van der Waals surface area contributed by atoms with E-state index < -0.39 is 23.4 Å². The van der Waals surface area contributed by atoms with E-state index in [1.165, 1.54) is 12.1 Å². The molecule has 0 saturated heterocycles. The molecule has 0 bridgehead atoms. The first-order valence-corrected chi connectivity index (χ1v) is 8.52. The van der Waals surface area contributed by atoms with Crippen LogP contribution in [0.1, 0.15) is 29.3 Å². The SMILES string of the molecule is CCCc1ccc(-c2ccc(C(=O)O)cc2-c2cc(F)c(F)c(F)c2)cc1. The maximum Gasteiger partial charge on any atom is 0.335 e. The highest BCUT2D eigenvalue weighted by Gasteiger charge is 2.16. The molecule has 0 aliphatic rings. The lowest BCUT2D eigenvalue weighted by Gasteiger charge is -2.13. The summed E-state index contributed by atoms with van der Waals surface area (Å²) in [4.78, 5) is 11.3. The average molecular weight is 370 g/mol. The van der Waals surface area contributed by atoms with Crippen molar-refractivity contribution >= 4 is 5.97 Å². The molecule has 0 heterocycles. The van der Waals surface area contributed by atoms with Crippen molar-refractivity contribution in [2.24, 2.45) is 0 Å². The standard InChI is InChI=1S/C22H17F3O2/c1-2-3-13-4-6-14(7-5-13)17-9-8-15(22(26)27)10-18(17)16-11-19(23)21(25)20(24)12-16/h4-12H,2-3H2,1H3,(H,26,27). The van der Waals surface area contributed by atoms with Gasteiger partial charge in [0.25, 0.3) is 0 Å². The Morgan fingerprint density at radius 3 is 2.04 bits per heavy atom. The molecule has 0 aliphatic heterocycles. The van der Waals surface area contributed by atoms with Crippen molar-refractivity contribution in [3.63, 3.8) is 0 Å². The van der Waals surface area contributed by atoms with Gasteiger partial charge in [0.1, 0.15) is 0 Å². The molecule has 3 rings (SSSR count). The van der Waals surface area contributed by atoms with Gasteiger partial charge in [-0.3, -0.25) is 0 Å². The van der Waals surface area contributed by atoms with Gasteiger partial charge in [0.15, 0.2) is 17.5 Å². The highest BCUT2D eigenvalue weighted by molar-refractivity contribution is 5.93. The Labute approximate surface area is 154 Å². The first-order chi connectivity index (χ1) is 12.9. The van der Waals surface area contributed by atoms with Crippen LogP contribution in [0.2, 0.25) is 0 Å². The minimum atomic E-state index is -1.56. The van der Waals surface area contributed by atoms with Gasteiger partial charge in [0.2, 0.25) is 0 Å². The number of carbonyl (C=O) groups is 1. The quantitative estimate of drug-likeness (QED) is 0.552. The van der Waals surface area contributed by atoms with E-state index in [1.807, 2.05) is 24.3 Å². The van der Waals surface area contributed by atoms with Gasteiger partial charge in [-0.1, -0.05) is 43.7 Å². The molecule has 0 unspecified atom stereocenters. The van der Waals surface area contributed by atoms with Crippen molar-refractivity contribution < 1.29 is 23.1 Å². The van der Waals surface area contributed by atoms with Crippen molar-refractivity contribution in [1.29, 1.82) is 0 Å². The van der Waals surface area contributed by atoms with Crippen LogP contribution in [0.25, 0.3) is 22.3 Å². The fourth-order valence-electron chi connectivity index (χ4n) is 3.02. The van der Waals surface area contributed by atoms with E-state index in [4.69, 9.17) is 0 Å². The maximum atomic E-state index is 13.7. The van der Waals surface area contributed by atoms with Crippen LogP contribution in [0.3, 0.4) is 0 Å². The van der Waals surface area contributed by atoms with Crippen LogP contribution in [-0.2, 0) is 6.42 Å². The van der Waals surface area contributed by atoms with Crippen molar-refractivity contribution in [1.82, 2.24) is 0 Å². The summed E-state index contributed by atoms with van der Waals surface area (Å²) in [5, 5.41) is 9.26. The predicted molar refractivity (Wildman–Crippen MR) is 98.1 cm³/mol. The molecular formula is C22H17F3O2. The summed E-state index contributed by atoms with van der Waals surface area (Å²) < 4.78 is 40.8. The van der Waals surface area contributed by atoms with E-state index in [1.54, 1.807) is 6.07 Å². The van der Waals surface area contributed by atoms with Crippen molar-refractivity contribution in [3.8, 4) is 22.3 Å². The second kappa shape index (κ2) is 7.66. The largest absolute Gasteiger partial charge is 0.478 e. The van der Waals surface area contributed by atoms with Gasteiger partial charge in [0, 0.05) is 0 Å². The third-order valence-electron chi connectivity index (χ3n) is 4.36. The lowest BCUT2D eigenvalue weighted by atomic mass is 9.92. The molecule has 0 saturated carbocycles. The third kappa shape index (κ3) is 3.87. The normalized spacial score (nSPS) is 10.8. The minimum Gasteiger partial charge on any atom is -0.478 e. The van der Waals surface area contributed by atoms with Crippen LogP contribution < -0.4 is 0 Å². The minimum absolute atomic E-state index is 0.0264. The lowest BCUT2D eigenvalue weighted by molar-refractivity contribution is 0.0697. The van der Waals surface area contributed by atoms with Gasteiger partial charge in [-0.05, 0) is 58.5 Å². The van der Waals surface area contributed by atoms with E-state index in [9.17, 15) is 23.1 Å². The maximum absolute atomic E-state index is 13.7. The zero-order chi connectivity index (χ0) is 19.6. The molecule has 5 heteroatoms. The molecule has 2 nitrogen and oxygen atoms in total. The predicted octanol–water partition coefficient (Wildman–Crippen LogP) is 6.09. The highest BCUT2D eigenvalue weighted by atomic mass is 19.2. The Kier molecular flexibility index (Phi) is 5.31. The Balaban J connectivity index is 2.18. The van der Waals surface area contributed by atoms with E-state index in [0.29, 0.717) is 11.1 Å². The summed E-state index contributed by atoms with van der Waals surface area (Å²) >= 11 is 0. The molecule has 3 aromatic rings. The van der Waals surface area contributed by atoms with Crippen LogP contribution in [0.4, 0.5) is 13.2 Å². The molecule has 0 aliphatic carbocycles. The number of aryl methyl sites for hydroxylation is 1. The number of hydrogen-bond donors (Lipinski definition) is 1. The third-order valence-corrected chi connectivity index (χ3v) is 4.36. The van der Waals surface area contributed by atoms with Crippen molar-refractivity contribution in [3.05, 3.63) is 83.2 Å². The van der Waals surface area contributed by atoms with Gasteiger partial charge >= 0.3 is 5.97 Å². The highest BCUT2D eigenvalue weighted by Crippen LogP contribution is 2.34. The van der Waals surface area contributed by atoms with E-state index in [0.717, 1.165) is 36.1 Å². The second-order valence-corrected chi connectivity index (χ2v) is 6.27. The molecule has 0 amide bonds. The Bertz CT molecular complexity index is 972. The molecule has 0 aromatic heterocycles. The molecule has 0 spiro atoms. The molecule has 0 fully saturated rings. The topological polar surface area (TPSA) is 37.3 Å². The number of carboxylic acids is 1. The molecule has 138 valence electrons. The molecule has 0 radical (unpaired) electrons. The van der Waals surface area contributed by atoms with E-state index in [2.05, 4.69) is 6.92 Å². The Morgan fingerprint density at radius 1 is 0.852 bits per heavy atom. The lowest BCUT2D eigenvalue weighted by Crippen LogP contribution is -1.99. The average Bonchev–Trinajstić information content (AvgIpc) is 2.66. The van der Waals surface area contributed by atoms with Gasteiger partial charge in [-0.25, -0.2) is 18.0 Å². The molecule has 1 N–H and O–H groups in total. The van der Waals surface area contributed by atoms with E-state index in [-0.39, 0.29) is 11.1 Å². The number of halogens is 3. The van der Waals surface area contributed by atoms with Gasteiger partial charge in [-0.2, -0.15) is 0 Å². The molecule has 27 heavy (non-hydrogen) atoms. The summed E-state index contributed by atoms with van der Waals surface area (Å²) in [5.41, 5.74) is 2.89. The zero-order valence-corrected chi connectivity index (χ0v) is 14.6. The van der Waals surface area contributed by atoms with Crippen LogP contribution in [-0.4, -0.2) is 11.1 Å². The molecule has 0 atom stereocenters. The summed E-state index contributed by atoms with van der Waals surface area (Å²) in [5.74, 6) is -5.37. The number of hydrogen-bond acceptors (Lipinski definition) is 1. The number of rotatable bonds is 5. The number of benzene rings is 3. The Morgan fingerprint density at radius 2 is 1.48 bits per heavy atom. The van der Waals surface area contributed by atoms with Crippen LogP contribution in [0.5, 0.6) is 0 Å². The van der Waals surface area contributed by atoms with Gasteiger partial charge in [0.05, 0.1) is 5.56 Å². The summed E-state index contributed by atoms with van der Waals surface area (Å²) in [6.07, 6.45) is 1.94. The summed E-state index contributed by atoms with van der Waals surface area (Å²) in [6, 6.07) is 13.8. The first kappa shape index (κ1) is 18.7. The first-order valence-electron chi connectivity index (χ1n) is 8.52. The monoisotopic (exact) mass is 370 g/mol. The number of carboxylic acid groups (broad SMARTS) is 1. The number of aromatic carboxylic acids is 1. The fourth-order valence-corrected chi connectivity index (χ4v) is 3.02.